The van der Waals surface area contributed by atoms with E-state index < -0.39 is 0 Å². The van der Waals surface area contributed by atoms with Crippen molar-refractivity contribution in [2.45, 2.75) is 0 Å². The topological polar surface area (TPSA) is 122 Å². The van der Waals surface area contributed by atoms with Gasteiger partial charge in [0.15, 0.2) is 0 Å². The van der Waals surface area contributed by atoms with Crippen molar-refractivity contribution < 1.29 is 19.4 Å². The van der Waals surface area contributed by atoms with Crippen molar-refractivity contribution in [3.05, 3.63) is 72.1 Å². The number of hydrogen-bond acceptors (Lipinski definition) is 8. The van der Waals surface area contributed by atoms with Crippen LogP contribution in [0, 0.1) is 0 Å². The average molecular weight is 444 g/mol. The first-order valence-corrected chi connectivity index (χ1v) is 9.89. The fourth-order valence-electron chi connectivity index (χ4n) is 2.96. The molecular formula is C23H20N6O4. The van der Waals surface area contributed by atoms with Gasteiger partial charge in [-0.05, 0) is 42.5 Å². The zero-order valence-corrected chi connectivity index (χ0v) is 18.1. The standard InChI is InChI=1S/C23H20N6O4/c1-28(2)22(32)20-13-17(10-11-24-20)33-16-8-9-18-19(12-16)25-23(27-26-18)29(3)21(31)14-4-6-15(30)7-5-14/h4-13,30H,1-3H3. The summed E-state index contributed by atoms with van der Waals surface area (Å²) in [6.07, 6.45) is 1.50. The minimum atomic E-state index is -0.349. The molecule has 166 valence electrons. The van der Waals surface area contributed by atoms with Crippen LogP contribution >= 0.6 is 0 Å². The fraction of sp³-hybridized carbons (Fsp3) is 0.130. The van der Waals surface area contributed by atoms with E-state index in [1.807, 2.05) is 0 Å². The molecule has 0 fully saturated rings. The minimum Gasteiger partial charge on any atom is -0.508 e. The summed E-state index contributed by atoms with van der Waals surface area (Å²) in [6, 6.07) is 14.2. The summed E-state index contributed by atoms with van der Waals surface area (Å²) in [7, 11) is 4.84. The molecular weight excluding hydrogens is 424 g/mol. The van der Waals surface area contributed by atoms with E-state index in [-0.39, 0.29) is 29.2 Å². The van der Waals surface area contributed by atoms with Gasteiger partial charge in [0.25, 0.3) is 17.8 Å². The van der Waals surface area contributed by atoms with E-state index in [1.54, 1.807) is 51.5 Å². The molecule has 2 heterocycles. The number of ether oxygens (including phenoxy) is 1. The lowest BCUT2D eigenvalue weighted by atomic mass is 10.2. The van der Waals surface area contributed by atoms with Crippen LogP contribution in [0.25, 0.3) is 11.0 Å². The van der Waals surface area contributed by atoms with Gasteiger partial charge in [0, 0.05) is 45.0 Å². The minimum absolute atomic E-state index is 0.0674. The molecule has 4 aromatic rings. The first-order valence-electron chi connectivity index (χ1n) is 9.89. The van der Waals surface area contributed by atoms with Gasteiger partial charge in [-0.25, -0.2) is 4.98 Å². The Morgan fingerprint density at radius 2 is 1.58 bits per heavy atom. The number of benzene rings is 2. The molecule has 10 heteroatoms. The van der Waals surface area contributed by atoms with Crippen LogP contribution in [0.1, 0.15) is 20.8 Å². The average Bonchev–Trinajstić information content (AvgIpc) is 2.82. The molecule has 2 aromatic heterocycles. The Balaban J connectivity index is 1.59. The predicted octanol–water partition coefficient (Wildman–Crippen LogP) is 2.90. The number of amides is 2. The van der Waals surface area contributed by atoms with E-state index in [4.69, 9.17) is 4.74 Å². The van der Waals surface area contributed by atoms with Crippen LogP contribution in [0.4, 0.5) is 5.95 Å². The lowest BCUT2D eigenvalue weighted by molar-refractivity contribution is 0.0821. The Morgan fingerprint density at radius 3 is 2.30 bits per heavy atom. The highest BCUT2D eigenvalue weighted by atomic mass is 16.5. The number of carbonyl (C=O) groups excluding carboxylic acids is 2. The maximum absolute atomic E-state index is 12.7. The number of phenols is 1. The molecule has 0 atom stereocenters. The quantitative estimate of drug-likeness (QED) is 0.499. The molecule has 4 rings (SSSR count). The van der Waals surface area contributed by atoms with Gasteiger partial charge in [0.05, 0.1) is 5.52 Å². The Morgan fingerprint density at radius 1 is 0.848 bits per heavy atom. The summed E-state index contributed by atoms with van der Waals surface area (Å²) in [5, 5.41) is 17.6. The second-order valence-electron chi connectivity index (χ2n) is 7.35. The number of anilines is 1. The van der Waals surface area contributed by atoms with Crippen molar-refractivity contribution in [3.8, 4) is 17.2 Å². The number of rotatable bonds is 5. The number of aromatic nitrogens is 4. The normalized spacial score (nSPS) is 10.6. The largest absolute Gasteiger partial charge is 0.508 e. The molecule has 0 saturated carbocycles. The molecule has 0 aliphatic heterocycles. The van der Waals surface area contributed by atoms with Crippen molar-refractivity contribution in [3.63, 3.8) is 0 Å². The van der Waals surface area contributed by atoms with Crippen LogP contribution in [-0.4, -0.2) is 63.1 Å². The van der Waals surface area contributed by atoms with Gasteiger partial charge >= 0.3 is 0 Å². The molecule has 0 aliphatic carbocycles. The highest BCUT2D eigenvalue weighted by Crippen LogP contribution is 2.25. The third kappa shape index (κ3) is 4.69. The monoisotopic (exact) mass is 444 g/mol. The Kier molecular flexibility index (Phi) is 5.81. The van der Waals surface area contributed by atoms with Crippen LogP contribution in [0.5, 0.6) is 17.2 Å². The molecule has 0 unspecified atom stereocenters. The van der Waals surface area contributed by atoms with Crippen molar-refractivity contribution >= 4 is 28.8 Å². The molecule has 1 N–H and O–H groups in total. The van der Waals surface area contributed by atoms with E-state index in [0.717, 1.165) is 0 Å². The van der Waals surface area contributed by atoms with Gasteiger partial charge in [-0.1, -0.05) is 0 Å². The Hall–Kier alpha value is -4.60. The predicted molar refractivity (Wildman–Crippen MR) is 121 cm³/mol. The molecule has 0 aliphatic rings. The molecule has 0 bridgehead atoms. The third-order valence-corrected chi connectivity index (χ3v) is 4.73. The van der Waals surface area contributed by atoms with Gasteiger partial charge in [-0.2, -0.15) is 0 Å². The van der Waals surface area contributed by atoms with E-state index in [0.29, 0.717) is 28.1 Å². The molecule has 0 radical (unpaired) electrons. The summed E-state index contributed by atoms with van der Waals surface area (Å²) >= 11 is 0. The molecule has 2 amide bonds. The van der Waals surface area contributed by atoms with Crippen molar-refractivity contribution in [2.24, 2.45) is 0 Å². The summed E-state index contributed by atoms with van der Waals surface area (Å²) in [5.74, 6) is 0.505. The summed E-state index contributed by atoms with van der Waals surface area (Å²) in [5.41, 5.74) is 1.63. The molecule has 0 spiro atoms. The number of nitrogens with zero attached hydrogens (tertiary/aromatic N) is 6. The van der Waals surface area contributed by atoms with Crippen LogP contribution in [0.15, 0.2) is 60.8 Å². The molecule has 10 nitrogen and oxygen atoms in total. The van der Waals surface area contributed by atoms with Crippen LogP contribution in [-0.2, 0) is 0 Å². The van der Waals surface area contributed by atoms with E-state index in [9.17, 15) is 14.7 Å². The van der Waals surface area contributed by atoms with Crippen LogP contribution < -0.4 is 9.64 Å². The zero-order valence-electron chi connectivity index (χ0n) is 18.1. The number of aromatic hydroxyl groups is 1. The van der Waals surface area contributed by atoms with Crippen molar-refractivity contribution in [2.75, 3.05) is 26.0 Å². The second kappa shape index (κ2) is 8.87. The van der Waals surface area contributed by atoms with E-state index in [1.165, 1.54) is 40.3 Å². The zero-order chi connectivity index (χ0) is 23.5. The van der Waals surface area contributed by atoms with Crippen molar-refractivity contribution in [1.82, 2.24) is 25.1 Å². The van der Waals surface area contributed by atoms with Gasteiger partial charge < -0.3 is 14.7 Å². The maximum Gasteiger partial charge on any atom is 0.272 e. The van der Waals surface area contributed by atoms with Gasteiger partial charge in [-0.3, -0.25) is 19.5 Å². The highest BCUT2D eigenvalue weighted by molar-refractivity contribution is 6.05. The summed E-state index contributed by atoms with van der Waals surface area (Å²) in [6.45, 7) is 0. The lowest BCUT2D eigenvalue weighted by Crippen LogP contribution is -2.28. The Bertz CT molecular complexity index is 1340. The second-order valence-corrected chi connectivity index (χ2v) is 7.35. The van der Waals surface area contributed by atoms with Gasteiger partial charge in [-0.15, -0.1) is 10.2 Å². The number of hydrogen-bond donors (Lipinski definition) is 1. The number of carbonyl (C=O) groups is 2. The smallest absolute Gasteiger partial charge is 0.272 e. The first kappa shape index (κ1) is 21.6. The number of pyridine rings is 1. The molecule has 2 aromatic carbocycles. The number of phenolic OH excluding ortho intramolecular Hbond substituents is 1. The molecule has 0 saturated heterocycles. The van der Waals surface area contributed by atoms with E-state index >= 15 is 0 Å². The van der Waals surface area contributed by atoms with Gasteiger partial charge in [0.2, 0.25) is 0 Å². The van der Waals surface area contributed by atoms with Crippen LogP contribution in [0.2, 0.25) is 0 Å². The third-order valence-electron chi connectivity index (χ3n) is 4.73. The molecule has 33 heavy (non-hydrogen) atoms. The summed E-state index contributed by atoms with van der Waals surface area (Å²) in [4.78, 5) is 36.1. The maximum atomic E-state index is 12.7. The summed E-state index contributed by atoms with van der Waals surface area (Å²) < 4.78 is 5.88. The highest BCUT2D eigenvalue weighted by Gasteiger charge is 2.17. The lowest BCUT2D eigenvalue weighted by Gasteiger charge is -2.15. The van der Waals surface area contributed by atoms with Crippen LogP contribution in [0.3, 0.4) is 0 Å². The SMILES string of the molecule is CN(C)C(=O)c1cc(Oc2ccc3nnc(N(C)C(=O)c4ccc(O)cc4)nc3c2)ccn1. The van der Waals surface area contributed by atoms with Gasteiger partial charge in [0.1, 0.15) is 28.5 Å². The Labute approximate surface area is 189 Å². The van der Waals surface area contributed by atoms with E-state index in [2.05, 4.69) is 20.2 Å². The number of fused-ring (bicyclic) bond motifs is 1. The van der Waals surface area contributed by atoms with Crippen molar-refractivity contribution in [1.29, 1.82) is 0 Å². The fourth-order valence-corrected chi connectivity index (χ4v) is 2.96. The first-order chi connectivity index (χ1) is 15.8.